The van der Waals surface area contributed by atoms with Gasteiger partial charge < -0.3 is 25.0 Å². The van der Waals surface area contributed by atoms with E-state index in [0.29, 0.717) is 24.8 Å². The zero-order valence-electron chi connectivity index (χ0n) is 15.3. The molecule has 0 bridgehead atoms. The molecule has 9 heteroatoms. The molecule has 3 heterocycles. The van der Waals surface area contributed by atoms with E-state index in [4.69, 9.17) is 9.47 Å². The maximum absolute atomic E-state index is 12.2. The average molecular weight is 372 g/mol. The summed E-state index contributed by atoms with van der Waals surface area (Å²) in [7, 11) is 1.61. The minimum Gasteiger partial charge on any atom is -0.475 e. The molecule has 1 aliphatic heterocycles. The Morgan fingerprint density at radius 3 is 2.63 bits per heavy atom. The van der Waals surface area contributed by atoms with Gasteiger partial charge in [0.05, 0.1) is 18.5 Å². The number of aromatic nitrogens is 3. The van der Waals surface area contributed by atoms with Crippen LogP contribution < -0.4 is 20.3 Å². The van der Waals surface area contributed by atoms with Crippen molar-refractivity contribution < 1.29 is 14.3 Å². The van der Waals surface area contributed by atoms with Gasteiger partial charge in [-0.05, 0) is 25.0 Å². The van der Waals surface area contributed by atoms with Crippen LogP contribution in [0.4, 0.5) is 16.4 Å². The molecule has 0 aromatic carbocycles. The number of carbonyl (C=O) groups is 1. The van der Waals surface area contributed by atoms with E-state index in [1.165, 1.54) is 0 Å². The van der Waals surface area contributed by atoms with Crippen molar-refractivity contribution in [2.45, 2.75) is 18.9 Å². The molecule has 144 valence electrons. The number of urea groups is 1. The molecule has 9 nitrogen and oxygen atoms in total. The molecule has 1 saturated heterocycles. The summed E-state index contributed by atoms with van der Waals surface area (Å²) in [5.41, 5.74) is 0.613. The molecule has 2 amide bonds. The molecule has 27 heavy (non-hydrogen) atoms. The maximum atomic E-state index is 12.2. The normalized spacial score (nSPS) is 14.6. The van der Waals surface area contributed by atoms with Crippen LogP contribution in [0.1, 0.15) is 12.8 Å². The van der Waals surface area contributed by atoms with Gasteiger partial charge in [0, 0.05) is 44.7 Å². The van der Waals surface area contributed by atoms with Crippen molar-refractivity contribution in [3.8, 4) is 5.88 Å². The lowest BCUT2D eigenvalue weighted by Crippen LogP contribution is -2.46. The first-order valence-electron chi connectivity index (χ1n) is 8.92. The largest absolute Gasteiger partial charge is 0.475 e. The number of rotatable bonds is 7. The van der Waals surface area contributed by atoms with Crippen LogP contribution in [0.2, 0.25) is 0 Å². The molecule has 1 aliphatic rings. The summed E-state index contributed by atoms with van der Waals surface area (Å²) >= 11 is 0. The minimum atomic E-state index is -0.237. The Hall–Kier alpha value is -2.94. The van der Waals surface area contributed by atoms with Crippen molar-refractivity contribution >= 4 is 17.7 Å². The number of nitrogens with one attached hydrogen (secondary N) is 2. The van der Waals surface area contributed by atoms with Crippen LogP contribution in [-0.2, 0) is 4.74 Å². The number of carbonyl (C=O) groups excluding carboxylic acids is 1. The van der Waals surface area contributed by atoms with E-state index < -0.39 is 0 Å². The third-order valence-corrected chi connectivity index (χ3v) is 4.20. The van der Waals surface area contributed by atoms with Crippen molar-refractivity contribution in [1.29, 1.82) is 0 Å². The second kappa shape index (κ2) is 9.67. The molecule has 1 fully saturated rings. The molecule has 0 radical (unpaired) electrons. The standard InChI is InChI=1S/C18H24N6O3/c1-26-11-12-27-16-4-3-15(13-21-16)23-18(25)22-14-5-9-24(10-6-14)17-19-7-2-8-20-17/h2-4,7-8,13-14H,5-6,9-12H2,1H3,(H2,22,23,25). The summed E-state index contributed by atoms with van der Waals surface area (Å²) in [5, 5.41) is 5.80. The van der Waals surface area contributed by atoms with Gasteiger partial charge in [-0.25, -0.2) is 19.7 Å². The highest BCUT2D eigenvalue weighted by molar-refractivity contribution is 5.89. The summed E-state index contributed by atoms with van der Waals surface area (Å²) in [6.45, 7) is 2.55. The van der Waals surface area contributed by atoms with E-state index in [9.17, 15) is 4.79 Å². The van der Waals surface area contributed by atoms with Crippen molar-refractivity contribution in [2.24, 2.45) is 0 Å². The fourth-order valence-corrected chi connectivity index (χ4v) is 2.80. The number of methoxy groups -OCH3 is 1. The van der Waals surface area contributed by atoms with E-state index in [-0.39, 0.29) is 12.1 Å². The van der Waals surface area contributed by atoms with E-state index in [1.54, 1.807) is 43.9 Å². The van der Waals surface area contributed by atoms with Gasteiger partial charge >= 0.3 is 6.03 Å². The molecule has 0 atom stereocenters. The summed E-state index contributed by atoms with van der Waals surface area (Å²) < 4.78 is 10.3. The first-order chi connectivity index (χ1) is 13.2. The predicted octanol–water partition coefficient (Wildman–Crippen LogP) is 1.69. The molecular weight excluding hydrogens is 348 g/mol. The Labute approximate surface area is 158 Å². The van der Waals surface area contributed by atoms with Crippen LogP contribution >= 0.6 is 0 Å². The number of hydrogen-bond donors (Lipinski definition) is 2. The number of hydrogen-bond acceptors (Lipinski definition) is 7. The quantitative estimate of drug-likeness (QED) is 0.713. The van der Waals surface area contributed by atoms with Gasteiger partial charge in [0.2, 0.25) is 11.8 Å². The first-order valence-corrected chi connectivity index (χ1v) is 8.92. The van der Waals surface area contributed by atoms with Gasteiger partial charge in [0.25, 0.3) is 0 Å². The Kier molecular flexibility index (Phi) is 6.75. The Balaban J connectivity index is 1.41. The van der Waals surface area contributed by atoms with Gasteiger partial charge in [-0.1, -0.05) is 0 Å². The summed E-state index contributed by atoms with van der Waals surface area (Å²) in [5.74, 6) is 1.23. The van der Waals surface area contributed by atoms with E-state index in [2.05, 4.69) is 30.5 Å². The van der Waals surface area contributed by atoms with Crippen LogP contribution in [0, 0.1) is 0 Å². The number of amides is 2. The van der Waals surface area contributed by atoms with Gasteiger partial charge in [0.1, 0.15) is 6.61 Å². The first kappa shape index (κ1) is 18.8. The topological polar surface area (TPSA) is 102 Å². The number of anilines is 2. The molecule has 2 aromatic heterocycles. The SMILES string of the molecule is COCCOc1ccc(NC(=O)NC2CCN(c3ncccn3)CC2)cn1. The summed E-state index contributed by atoms with van der Waals surface area (Å²) in [4.78, 5) is 27.0. The zero-order chi connectivity index (χ0) is 18.9. The molecular formula is C18H24N6O3. The lowest BCUT2D eigenvalue weighted by molar-refractivity contribution is 0.144. The third kappa shape index (κ3) is 5.78. The van der Waals surface area contributed by atoms with Gasteiger partial charge in [-0.3, -0.25) is 0 Å². The predicted molar refractivity (Wildman–Crippen MR) is 101 cm³/mol. The number of ether oxygens (including phenoxy) is 2. The van der Waals surface area contributed by atoms with Crippen molar-refractivity contribution in [1.82, 2.24) is 20.3 Å². The molecule has 2 N–H and O–H groups in total. The monoisotopic (exact) mass is 372 g/mol. The Morgan fingerprint density at radius 2 is 1.96 bits per heavy atom. The van der Waals surface area contributed by atoms with E-state index in [1.807, 2.05) is 0 Å². The Morgan fingerprint density at radius 1 is 1.19 bits per heavy atom. The number of piperidine rings is 1. The minimum absolute atomic E-state index is 0.120. The lowest BCUT2D eigenvalue weighted by atomic mass is 10.1. The van der Waals surface area contributed by atoms with Crippen molar-refractivity contribution in [3.05, 3.63) is 36.8 Å². The van der Waals surface area contributed by atoms with E-state index >= 15 is 0 Å². The smallest absolute Gasteiger partial charge is 0.319 e. The second-order valence-corrected chi connectivity index (χ2v) is 6.13. The molecule has 0 aliphatic carbocycles. The van der Waals surface area contributed by atoms with Crippen molar-refractivity contribution in [3.63, 3.8) is 0 Å². The van der Waals surface area contributed by atoms with Gasteiger partial charge in [0.15, 0.2) is 0 Å². The molecule has 2 aromatic rings. The average Bonchev–Trinajstić information content (AvgIpc) is 2.71. The zero-order valence-corrected chi connectivity index (χ0v) is 15.3. The summed E-state index contributed by atoms with van der Waals surface area (Å²) in [6, 6.07) is 5.15. The number of pyridine rings is 1. The highest BCUT2D eigenvalue weighted by atomic mass is 16.5. The van der Waals surface area contributed by atoms with Crippen LogP contribution in [-0.4, -0.2) is 60.4 Å². The molecule has 0 unspecified atom stereocenters. The van der Waals surface area contributed by atoms with Crippen LogP contribution in [0.3, 0.4) is 0 Å². The Bertz CT molecular complexity index is 705. The highest BCUT2D eigenvalue weighted by Crippen LogP contribution is 2.16. The van der Waals surface area contributed by atoms with Gasteiger partial charge in [-0.2, -0.15) is 0 Å². The van der Waals surface area contributed by atoms with Crippen LogP contribution in [0.5, 0.6) is 5.88 Å². The maximum Gasteiger partial charge on any atom is 0.319 e. The van der Waals surface area contributed by atoms with Crippen molar-refractivity contribution in [2.75, 3.05) is 43.6 Å². The molecule has 0 spiro atoms. The molecule has 3 rings (SSSR count). The third-order valence-electron chi connectivity index (χ3n) is 4.20. The highest BCUT2D eigenvalue weighted by Gasteiger charge is 2.22. The second-order valence-electron chi connectivity index (χ2n) is 6.13. The fourth-order valence-electron chi connectivity index (χ4n) is 2.80. The molecule has 0 saturated carbocycles. The van der Waals surface area contributed by atoms with Crippen LogP contribution in [0.25, 0.3) is 0 Å². The fraction of sp³-hybridized carbons (Fsp3) is 0.444. The van der Waals surface area contributed by atoms with E-state index in [0.717, 1.165) is 31.9 Å². The lowest BCUT2D eigenvalue weighted by Gasteiger charge is -2.32. The van der Waals surface area contributed by atoms with Gasteiger partial charge in [-0.15, -0.1) is 0 Å². The van der Waals surface area contributed by atoms with Crippen LogP contribution in [0.15, 0.2) is 36.8 Å². The number of nitrogens with zero attached hydrogens (tertiary/aromatic N) is 4. The summed E-state index contributed by atoms with van der Waals surface area (Å²) in [6.07, 6.45) is 6.73.